The van der Waals surface area contributed by atoms with Gasteiger partial charge in [0, 0.05) is 0 Å². The Labute approximate surface area is 103 Å². The summed E-state index contributed by atoms with van der Waals surface area (Å²) >= 11 is 0. The van der Waals surface area contributed by atoms with E-state index in [1.807, 2.05) is 12.1 Å². The number of methoxy groups -OCH3 is 1. The van der Waals surface area contributed by atoms with Crippen molar-refractivity contribution in [2.75, 3.05) is 7.11 Å². The van der Waals surface area contributed by atoms with Gasteiger partial charge in [0.05, 0.1) is 7.11 Å². The van der Waals surface area contributed by atoms with E-state index in [2.05, 4.69) is 49.4 Å². The molecule has 88 valence electrons. The van der Waals surface area contributed by atoms with Crippen molar-refractivity contribution < 1.29 is 4.74 Å². The molecule has 1 heteroatoms. The first-order chi connectivity index (χ1) is 8.29. The van der Waals surface area contributed by atoms with Crippen molar-refractivity contribution in [2.45, 2.75) is 19.3 Å². The van der Waals surface area contributed by atoms with Crippen LogP contribution in [0.2, 0.25) is 0 Å². The average molecular weight is 226 g/mol. The van der Waals surface area contributed by atoms with Crippen molar-refractivity contribution in [3.05, 3.63) is 65.7 Å². The summed E-state index contributed by atoms with van der Waals surface area (Å²) in [6.07, 6.45) is 1.06. The molecule has 0 radical (unpaired) electrons. The molecule has 1 nitrogen and oxygen atoms in total. The van der Waals surface area contributed by atoms with Crippen molar-refractivity contribution >= 4 is 0 Å². The van der Waals surface area contributed by atoms with Gasteiger partial charge in [-0.2, -0.15) is 0 Å². The Bertz CT molecular complexity index is 445. The lowest BCUT2D eigenvalue weighted by Gasteiger charge is -2.12. The van der Waals surface area contributed by atoms with Gasteiger partial charge in [-0.15, -0.1) is 0 Å². The van der Waals surface area contributed by atoms with Crippen LogP contribution in [0.5, 0.6) is 5.75 Å². The highest BCUT2D eigenvalue weighted by Crippen LogP contribution is 2.21. The Hall–Kier alpha value is -1.76. The minimum Gasteiger partial charge on any atom is -0.497 e. The highest BCUT2D eigenvalue weighted by molar-refractivity contribution is 5.29. The lowest BCUT2D eigenvalue weighted by molar-refractivity contribution is 0.414. The van der Waals surface area contributed by atoms with Crippen LogP contribution in [-0.2, 0) is 6.42 Å². The minimum atomic E-state index is 0.546. The fourth-order valence-corrected chi connectivity index (χ4v) is 2.01. The summed E-state index contributed by atoms with van der Waals surface area (Å²) in [5, 5.41) is 0. The molecule has 0 saturated heterocycles. The Morgan fingerprint density at radius 3 is 2.18 bits per heavy atom. The van der Waals surface area contributed by atoms with E-state index >= 15 is 0 Å². The highest BCUT2D eigenvalue weighted by Gasteiger charge is 2.05. The van der Waals surface area contributed by atoms with Crippen LogP contribution in [0.25, 0.3) is 0 Å². The topological polar surface area (TPSA) is 9.23 Å². The van der Waals surface area contributed by atoms with Gasteiger partial charge in [0.2, 0.25) is 0 Å². The van der Waals surface area contributed by atoms with Crippen LogP contribution in [-0.4, -0.2) is 7.11 Å². The molecule has 2 rings (SSSR count). The fraction of sp³-hybridized carbons (Fsp3) is 0.250. The van der Waals surface area contributed by atoms with Crippen LogP contribution in [0.15, 0.2) is 54.6 Å². The molecule has 0 spiro atoms. The first-order valence-corrected chi connectivity index (χ1v) is 5.97. The van der Waals surface area contributed by atoms with Crippen LogP contribution in [0, 0.1) is 0 Å². The van der Waals surface area contributed by atoms with Gasteiger partial charge in [-0.05, 0) is 35.6 Å². The van der Waals surface area contributed by atoms with E-state index in [0.717, 1.165) is 12.2 Å². The third-order valence-corrected chi connectivity index (χ3v) is 3.07. The van der Waals surface area contributed by atoms with Gasteiger partial charge in [-0.25, -0.2) is 0 Å². The van der Waals surface area contributed by atoms with E-state index < -0.39 is 0 Å². The molecule has 17 heavy (non-hydrogen) atoms. The maximum absolute atomic E-state index is 5.16. The molecule has 0 N–H and O–H groups in total. The van der Waals surface area contributed by atoms with E-state index in [-0.39, 0.29) is 0 Å². The van der Waals surface area contributed by atoms with Gasteiger partial charge >= 0.3 is 0 Å². The smallest absolute Gasteiger partial charge is 0.118 e. The van der Waals surface area contributed by atoms with E-state index in [4.69, 9.17) is 4.74 Å². The maximum atomic E-state index is 5.16. The second-order valence-corrected chi connectivity index (χ2v) is 4.36. The Morgan fingerprint density at radius 1 is 0.941 bits per heavy atom. The first-order valence-electron chi connectivity index (χ1n) is 5.97. The zero-order valence-corrected chi connectivity index (χ0v) is 10.4. The van der Waals surface area contributed by atoms with Gasteiger partial charge < -0.3 is 4.74 Å². The van der Waals surface area contributed by atoms with Crippen LogP contribution < -0.4 is 4.74 Å². The molecule has 0 amide bonds. The monoisotopic (exact) mass is 226 g/mol. The average Bonchev–Trinajstić information content (AvgIpc) is 2.40. The van der Waals surface area contributed by atoms with Crippen LogP contribution >= 0.6 is 0 Å². The molecule has 0 aliphatic carbocycles. The van der Waals surface area contributed by atoms with Crippen molar-refractivity contribution in [2.24, 2.45) is 0 Å². The predicted molar refractivity (Wildman–Crippen MR) is 71.6 cm³/mol. The predicted octanol–water partition coefficient (Wildman–Crippen LogP) is 4.04. The van der Waals surface area contributed by atoms with E-state index in [9.17, 15) is 0 Å². The Morgan fingerprint density at radius 2 is 1.59 bits per heavy atom. The molecule has 0 bridgehead atoms. The largest absolute Gasteiger partial charge is 0.497 e. The third-order valence-electron chi connectivity index (χ3n) is 3.07. The standard InChI is InChI=1S/C16H18O/c1-13(15-6-4-3-5-7-15)12-14-8-10-16(17-2)11-9-14/h3-11,13H,12H2,1-2H3. The first kappa shape index (κ1) is 11.7. The Balaban J connectivity index is 2.05. The normalized spacial score (nSPS) is 12.1. The fourth-order valence-electron chi connectivity index (χ4n) is 2.01. The molecule has 1 atom stereocenters. The SMILES string of the molecule is COc1ccc(CC(C)c2ccccc2)cc1. The van der Waals surface area contributed by atoms with Gasteiger partial charge in [0.1, 0.15) is 5.75 Å². The van der Waals surface area contributed by atoms with Crippen molar-refractivity contribution in [1.82, 2.24) is 0 Å². The quantitative estimate of drug-likeness (QED) is 0.764. The number of hydrogen-bond donors (Lipinski definition) is 0. The summed E-state index contributed by atoms with van der Waals surface area (Å²) in [6.45, 7) is 2.26. The number of hydrogen-bond acceptors (Lipinski definition) is 1. The van der Waals surface area contributed by atoms with Gasteiger partial charge in [0.25, 0.3) is 0 Å². The molecule has 0 saturated carbocycles. The number of ether oxygens (including phenoxy) is 1. The summed E-state index contributed by atoms with van der Waals surface area (Å²) < 4.78 is 5.16. The van der Waals surface area contributed by atoms with Crippen LogP contribution in [0.1, 0.15) is 24.0 Å². The maximum Gasteiger partial charge on any atom is 0.118 e. The highest BCUT2D eigenvalue weighted by atomic mass is 16.5. The molecule has 2 aromatic rings. The zero-order chi connectivity index (χ0) is 12.1. The van der Waals surface area contributed by atoms with E-state index in [1.54, 1.807) is 7.11 Å². The molecule has 0 aliphatic heterocycles. The van der Waals surface area contributed by atoms with Gasteiger partial charge in [0.15, 0.2) is 0 Å². The molecule has 2 aromatic carbocycles. The lowest BCUT2D eigenvalue weighted by Crippen LogP contribution is -1.98. The number of benzene rings is 2. The van der Waals surface area contributed by atoms with Gasteiger partial charge in [-0.1, -0.05) is 49.4 Å². The minimum absolute atomic E-state index is 0.546. The van der Waals surface area contributed by atoms with Crippen molar-refractivity contribution in [1.29, 1.82) is 0 Å². The van der Waals surface area contributed by atoms with Crippen LogP contribution in [0.3, 0.4) is 0 Å². The molecule has 1 unspecified atom stereocenters. The summed E-state index contributed by atoms with van der Waals surface area (Å²) in [7, 11) is 1.70. The summed E-state index contributed by atoms with van der Waals surface area (Å²) in [6, 6.07) is 18.9. The second kappa shape index (κ2) is 5.53. The van der Waals surface area contributed by atoms with Crippen molar-refractivity contribution in [3.63, 3.8) is 0 Å². The number of rotatable bonds is 4. The molecular weight excluding hydrogens is 208 g/mol. The van der Waals surface area contributed by atoms with E-state index in [0.29, 0.717) is 5.92 Å². The molecule has 0 aliphatic rings. The van der Waals surface area contributed by atoms with Gasteiger partial charge in [-0.3, -0.25) is 0 Å². The summed E-state index contributed by atoms with van der Waals surface area (Å²) in [5.74, 6) is 1.46. The third kappa shape index (κ3) is 3.10. The molecule has 0 heterocycles. The molecular formula is C16H18O. The summed E-state index contributed by atoms with van der Waals surface area (Å²) in [5.41, 5.74) is 2.74. The second-order valence-electron chi connectivity index (χ2n) is 4.36. The zero-order valence-electron chi connectivity index (χ0n) is 10.4. The lowest BCUT2D eigenvalue weighted by atomic mass is 9.94. The Kier molecular flexibility index (Phi) is 3.81. The summed E-state index contributed by atoms with van der Waals surface area (Å²) in [4.78, 5) is 0. The van der Waals surface area contributed by atoms with Crippen molar-refractivity contribution in [3.8, 4) is 5.75 Å². The molecule has 0 aromatic heterocycles. The molecule has 0 fully saturated rings. The van der Waals surface area contributed by atoms with Crippen LogP contribution in [0.4, 0.5) is 0 Å². The van der Waals surface area contributed by atoms with E-state index in [1.165, 1.54) is 11.1 Å².